The molecule has 0 aliphatic carbocycles. The average Bonchev–Trinajstić information content (AvgIpc) is 3.37. The number of anilines is 3. The maximum atomic E-state index is 11.6. The fourth-order valence-electron chi connectivity index (χ4n) is 5.89. The molecule has 228 valence electrons. The van der Waals surface area contributed by atoms with Crippen LogP contribution in [0.25, 0.3) is 5.65 Å². The van der Waals surface area contributed by atoms with E-state index in [1.807, 2.05) is 35.4 Å². The predicted octanol–water partition coefficient (Wildman–Crippen LogP) is 3.49. The van der Waals surface area contributed by atoms with Crippen LogP contribution < -0.4 is 19.8 Å². The maximum Gasteiger partial charge on any atom is 0.229 e. The highest BCUT2D eigenvalue weighted by atomic mass is 32.2. The first-order chi connectivity index (χ1) is 20.1. The first-order valence-corrected chi connectivity index (χ1v) is 16.9. The molecular weight excluding hydrogens is 552 g/mol. The number of nitrogens with zero attached hydrogens (tertiary/aromatic N) is 6. The third-order valence-electron chi connectivity index (χ3n) is 8.36. The topological polar surface area (TPSA) is 115 Å². The van der Waals surface area contributed by atoms with Crippen molar-refractivity contribution in [3.05, 3.63) is 47.2 Å². The van der Waals surface area contributed by atoms with Gasteiger partial charge in [0.05, 0.1) is 23.7 Å². The SMILES string of the molecule is CC[C@@H]1CN(c2cc(N3CCC3)nc3cc([C@@H]4CCCCN4C=O)nn23)CCN1.Cc1ccc(NS(C)(=O)=O)c(C)c1. The summed E-state index contributed by atoms with van der Waals surface area (Å²) in [5.74, 6) is 2.17. The van der Waals surface area contributed by atoms with Gasteiger partial charge in [0.25, 0.3) is 0 Å². The first-order valence-electron chi connectivity index (χ1n) is 15.0. The summed E-state index contributed by atoms with van der Waals surface area (Å²) in [6.45, 7) is 12.0. The average molecular weight is 597 g/mol. The number of piperidine rings is 1. The summed E-state index contributed by atoms with van der Waals surface area (Å²) in [6.07, 6.45) is 7.66. The number of hydrogen-bond donors (Lipinski definition) is 2. The molecule has 0 bridgehead atoms. The molecule has 3 aliphatic heterocycles. The standard InChI is InChI=1S/C21H31N7O.C9H13NO2S/c1-2-16-14-26(11-7-22-16)21-13-19(25-9-5-10-25)23-20-12-17(24-28(20)21)18-6-3-4-8-27(18)15-29;1-7-4-5-9(8(2)6-7)10-13(3,11)12/h12-13,15-16,18,22H,2-11,14H2,1H3;4-6,10H,1-3H3/t16-,18+;/m1./s1. The van der Waals surface area contributed by atoms with Crippen molar-refractivity contribution >= 4 is 39.4 Å². The number of hydrogen-bond acceptors (Lipinski definition) is 8. The van der Waals surface area contributed by atoms with Crippen molar-refractivity contribution in [2.24, 2.45) is 0 Å². The van der Waals surface area contributed by atoms with Crippen LogP contribution in [0, 0.1) is 13.8 Å². The van der Waals surface area contributed by atoms with Crippen molar-refractivity contribution in [1.29, 1.82) is 0 Å². The van der Waals surface area contributed by atoms with E-state index in [4.69, 9.17) is 10.1 Å². The van der Waals surface area contributed by atoms with Gasteiger partial charge in [-0.05, 0) is 57.6 Å². The van der Waals surface area contributed by atoms with E-state index in [9.17, 15) is 13.2 Å². The number of aromatic nitrogens is 3. The van der Waals surface area contributed by atoms with Crippen LogP contribution in [0.1, 0.15) is 61.9 Å². The number of fused-ring (bicyclic) bond motifs is 1. The van der Waals surface area contributed by atoms with Crippen LogP contribution in [0.4, 0.5) is 17.3 Å². The van der Waals surface area contributed by atoms with E-state index < -0.39 is 10.0 Å². The van der Waals surface area contributed by atoms with Gasteiger partial charge in [-0.15, -0.1) is 0 Å². The zero-order valence-electron chi connectivity index (χ0n) is 25.2. The lowest BCUT2D eigenvalue weighted by atomic mass is 10.0. The van der Waals surface area contributed by atoms with E-state index in [-0.39, 0.29) is 6.04 Å². The van der Waals surface area contributed by atoms with Gasteiger partial charge < -0.3 is 20.0 Å². The highest BCUT2D eigenvalue weighted by molar-refractivity contribution is 7.92. The third-order valence-corrected chi connectivity index (χ3v) is 8.96. The Kier molecular flexibility index (Phi) is 9.22. The van der Waals surface area contributed by atoms with Gasteiger partial charge in [0, 0.05) is 57.4 Å². The van der Waals surface area contributed by atoms with E-state index in [1.165, 1.54) is 6.42 Å². The second-order valence-electron chi connectivity index (χ2n) is 11.7. The second kappa shape index (κ2) is 12.9. The molecule has 6 rings (SSSR count). The summed E-state index contributed by atoms with van der Waals surface area (Å²) in [7, 11) is -3.16. The predicted molar refractivity (Wildman–Crippen MR) is 168 cm³/mol. The highest BCUT2D eigenvalue weighted by Gasteiger charge is 2.28. The number of benzene rings is 1. The molecule has 0 unspecified atom stereocenters. The fourth-order valence-corrected chi connectivity index (χ4v) is 6.52. The number of rotatable bonds is 7. The lowest BCUT2D eigenvalue weighted by Gasteiger charge is -2.36. The normalized spacial score (nSPS) is 21.0. The molecule has 3 aromatic rings. The van der Waals surface area contributed by atoms with Gasteiger partial charge in [-0.25, -0.2) is 13.4 Å². The van der Waals surface area contributed by atoms with Crippen LogP contribution in [0.15, 0.2) is 30.3 Å². The van der Waals surface area contributed by atoms with Gasteiger partial charge in [-0.3, -0.25) is 9.52 Å². The monoisotopic (exact) mass is 596 g/mol. The Morgan fingerprint density at radius 3 is 2.52 bits per heavy atom. The molecule has 2 N–H and O–H groups in total. The number of piperazine rings is 1. The maximum absolute atomic E-state index is 11.6. The zero-order valence-corrected chi connectivity index (χ0v) is 26.0. The molecule has 3 fully saturated rings. The number of carbonyl (C=O) groups is 1. The van der Waals surface area contributed by atoms with Gasteiger partial charge >= 0.3 is 0 Å². The summed E-state index contributed by atoms with van der Waals surface area (Å²) in [5, 5.41) is 8.58. The van der Waals surface area contributed by atoms with Crippen molar-refractivity contribution in [2.45, 2.75) is 65.0 Å². The summed E-state index contributed by atoms with van der Waals surface area (Å²) in [6, 6.07) is 10.4. The largest absolute Gasteiger partial charge is 0.356 e. The van der Waals surface area contributed by atoms with Crippen molar-refractivity contribution < 1.29 is 13.2 Å². The number of nitrogens with one attached hydrogen (secondary N) is 2. The summed E-state index contributed by atoms with van der Waals surface area (Å²) in [4.78, 5) is 23.2. The third kappa shape index (κ3) is 6.97. The Morgan fingerprint density at radius 1 is 1.05 bits per heavy atom. The van der Waals surface area contributed by atoms with Gasteiger partial charge in [-0.2, -0.15) is 9.61 Å². The number of sulfonamides is 1. The molecule has 1 amide bonds. The molecular formula is C30H44N8O3S. The molecule has 11 nitrogen and oxygen atoms in total. The van der Waals surface area contributed by atoms with Crippen LogP contribution in [-0.4, -0.2) is 85.9 Å². The molecule has 0 saturated carbocycles. The van der Waals surface area contributed by atoms with Crippen molar-refractivity contribution in [3.63, 3.8) is 0 Å². The number of amides is 1. The quantitative estimate of drug-likeness (QED) is 0.399. The molecule has 2 atom stereocenters. The van der Waals surface area contributed by atoms with Crippen LogP contribution in [0.3, 0.4) is 0 Å². The summed E-state index contributed by atoms with van der Waals surface area (Å²) >= 11 is 0. The Hall–Kier alpha value is -3.38. The van der Waals surface area contributed by atoms with E-state index >= 15 is 0 Å². The summed E-state index contributed by atoms with van der Waals surface area (Å²) < 4.78 is 26.3. The number of carbonyl (C=O) groups excluding carboxylic acids is 1. The Labute approximate surface area is 249 Å². The smallest absolute Gasteiger partial charge is 0.229 e. The first kappa shape index (κ1) is 30.1. The van der Waals surface area contributed by atoms with Gasteiger partial charge in [0.2, 0.25) is 16.4 Å². The number of aryl methyl sites for hydroxylation is 2. The molecule has 1 aromatic carbocycles. The molecule has 2 aromatic heterocycles. The minimum Gasteiger partial charge on any atom is -0.356 e. The Balaban J connectivity index is 0.000000229. The second-order valence-corrected chi connectivity index (χ2v) is 13.5. The fraction of sp³-hybridized carbons (Fsp3) is 0.567. The van der Waals surface area contributed by atoms with Gasteiger partial charge in [0.1, 0.15) is 11.6 Å². The van der Waals surface area contributed by atoms with Crippen LogP contribution in [0.5, 0.6) is 0 Å². The van der Waals surface area contributed by atoms with E-state index in [1.54, 1.807) is 6.07 Å². The molecule has 12 heteroatoms. The van der Waals surface area contributed by atoms with Crippen molar-refractivity contribution in [1.82, 2.24) is 24.8 Å². The van der Waals surface area contributed by atoms with E-state index in [2.05, 4.69) is 38.9 Å². The molecule has 3 aliphatic rings. The minimum absolute atomic E-state index is 0.0645. The lowest BCUT2D eigenvalue weighted by molar-refractivity contribution is -0.121. The Bertz CT molecular complexity index is 1500. The molecule has 0 radical (unpaired) electrons. The lowest BCUT2D eigenvalue weighted by Crippen LogP contribution is -2.51. The van der Waals surface area contributed by atoms with Crippen LogP contribution in [-0.2, 0) is 14.8 Å². The zero-order chi connectivity index (χ0) is 29.9. The molecule has 3 saturated heterocycles. The number of likely N-dealkylation sites (tertiary alicyclic amines) is 1. The van der Waals surface area contributed by atoms with Crippen LogP contribution >= 0.6 is 0 Å². The van der Waals surface area contributed by atoms with E-state index in [0.717, 1.165) is 112 Å². The molecule has 42 heavy (non-hydrogen) atoms. The highest BCUT2D eigenvalue weighted by Crippen LogP contribution is 2.32. The van der Waals surface area contributed by atoms with Gasteiger partial charge in [-0.1, -0.05) is 24.6 Å². The van der Waals surface area contributed by atoms with Crippen LogP contribution in [0.2, 0.25) is 0 Å². The van der Waals surface area contributed by atoms with E-state index in [0.29, 0.717) is 11.7 Å². The summed E-state index contributed by atoms with van der Waals surface area (Å²) in [5.41, 5.74) is 4.56. The van der Waals surface area contributed by atoms with Crippen molar-refractivity contribution in [3.8, 4) is 0 Å². The Morgan fingerprint density at radius 2 is 1.86 bits per heavy atom. The molecule has 5 heterocycles. The van der Waals surface area contributed by atoms with Crippen molar-refractivity contribution in [2.75, 3.05) is 60.0 Å². The minimum atomic E-state index is -3.16. The molecule has 0 spiro atoms. The van der Waals surface area contributed by atoms with Gasteiger partial charge in [0.15, 0.2) is 5.65 Å².